The number of nitrogens with zero attached hydrogens (tertiary/aromatic N) is 2. The first kappa shape index (κ1) is 23.6. The van der Waals surface area contributed by atoms with Crippen LogP contribution in [0.3, 0.4) is 0 Å². The van der Waals surface area contributed by atoms with Crippen molar-refractivity contribution in [2.45, 2.75) is 20.5 Å². The quantitative estimate of drug-likeness (QED) is 0.280. The van der Waals surface area contributed by atoms with Gasteiger partial charge >= 0.3 is 0 Å². The Morgan fingerprint density at radius 1 is 1.22 bits per heavy atom. The third-order valence-corrected chi connectivity index (χ3v) is 5.69. The molecule has 10 heteroatoms. The number of nitro benzene ring substituents is 1. The number of amides is 2. The molecule has 168 valence electrons. The predicted molar refractivity (Wildman–Crippen MR) is 123 cm³/mol. The van der Waals surface area contributed by atoms with Crippen LogP contribution >= 0.6 is 23.4 Å². The van der Waals surface area contributed by atoms with Crippen LogP contribution in [-0.2, 0) is 11.4 Å². The molecular formula is C22H21ClN2O6S. The van der Waals surface area contributed by atoms with Crippen LogP contribution in [0.4, 0.5) is 10.5 Å². The van der Waals surface area contributed by atoms with Crippen molar-refractivity contribution in [2.24, 2.45) is 5.92 Å². The average Bonchev–Trinajstić information content (AvgIpc) is 2.99. The molecule has 0 atom stereocenters. The van der Waals surface area contributed by atoms with E-state index in [0.717, 1.165) is 17.3 Å². The van der Waals surface area contributed by atoms with Gasteiger partial charge in [0.2, 0.25) is 0 Å². The second-order valence-corrected chi connectivity index (χ2v) is 8.83. The van der Waals surface area contributed by atoms with Gasteiger partial charge in [0.15, 0.2) is 11.5 Å². The van der Waals surface area contributed by atoms with Gasteiger partial charge < -0.3 is 9.47 Å². The summed E-state index contributed by atoms with van der Waals surface area (Å²) in [5.74, 6) is 0.497. The largest absolute Gasteiger partial charge is 0.493 e. The molecule has 0 bridgehead atoms. The predicted octanol–water partition coefficient (Wildman–Crippen LogP) is 5.53. The Balaban J connectivity index is 1.79. The number of methoxy groups -OCH3 is 1. The highest BCUT2D eigenvalue weighted by Gasteiger charge is 2.35. The fourth-order valence-corrected chi connectivity index (χ4v) is 4.13. The van der Waals surface area contributed by atoms with Crippen molar-refractivity contribution in [1.82, 2.24) is 4.90 Å². The summed E-state index contributed by atoms with van der Waals surface area (Å²) in [6, 6.07) is 9.26. The molecule has 0 radical (unpaired) electrons. The van der Waals surface area contributed by atoms with Crippen molar-refractivity contribution >= 4 is 46.3 Å². The van der Waals surface area contributed by atoms with Crippen molar-refractivity contribution < 1.29 is 24.0 Å². The standard InChI is InChI=1S/C22H21ClN2O6S/c1-13(2)11-24-21(26)19(32-22(24)27)10-15-8-17(23)20(18(9-15)30-3)31-12-14-4-6-16(7-5-14)25(28)29/h4-10,13H,11-12H2,1-3H3/b19-10-. The number of imide groups is 1. The molecule has 2 aromatic rings. The SMILES string of the molecule is COc1cc(/C=C2\SC(=O)N(CC(C)C)C2=O)cc(Cl)c1OCc1ccc([N+](=O)[O-])cc1. The molecule has 2 amide bonds. The number of benzene rings is 2. The monoisotopic (exact) mass is 476 g/mol. The summed E-state index contributed by atoms with van der Waals surface area (Å²) in [7, 11) is 1.46. The van der Waals surface area contributed by atoms with Crippen LogP contribution in [0.15, 0.2) is 41.3 Å². The van der Waals surface area contributed by atoms with E-state index in [-0.39, 0.29) is 34.4 Å². The maximum absolute atomic E-state index is 12.6. The molecule has 3 rings (SSSR count). The number of ether oxygens (including phenoxy) is 2. The van der Waals surface area contributed by atoms with Gasteiger partial charge in [0.05, 0.1) is 22.0 Å². The lowest BCUT2D eigenvalue weighted by Crippen LogP contribution is -2.31. The molecule has 1 aliphatic heterocycles. The van der Waals surface area contributed by atoms with Crippen molar-refractivity contribution in [2.75, 3.05) is 13.7 Å². The Morgan fingerprint density at radius 3 is 2.50 bits per heavy atom. The number of hydrogen-bond donors (Lipinski definition) is 0. The molecule has 1 fully saturated rings. The summed E-state index contributed by atoms with van der Waals surface area (Å²) >= 11 is 7.29. The smallest absolute Gasteiger partial charge is 0.293 e. The molecule has 1 aliphatic rings. The molecule has 1 saturated heterocycles. The molecule has 0 aromatic heterocycles. The van der Waals surface area contributed by atoms with Crippen LogP contribution in [0.1, 0.15) is 25.0 Å². The zero-order valence-electron chi connectivity index (χ0n) is 17.7. The van der Waals surface area contributed by atoms with Crippen LogP contribution < -0.4 is 9.47 Å². The Hall–Kier alpha value is -3.04. The van der Waals surface area contributed by atoms with E-state index >= 15 is 0 Å². The minimum absolute atomic E-state index is 0.00785. The first-order valence-electron chi connectivity index (χ1n) is 9.68. The van der Waals surface area contributed by atoms with E-state index in [1.54, 1.807) is 30.3 Å². The molecule has 32 heavy (non-hydrogen) atoms. The van der Waals surface area contributed by atoms with E-state index in [4.69, 9.17) is 21.1 Å². The van der Waals surface area contributed by atoms with Crippen molar-refractivity contribution in [3.63, 3.8) is 0 Å². The van der Waals surface area contributed by atoms with Gasteiger partial charge in [-0.2, -0.15) is 0 Å². The first-order chi connectivity index (χ1) is 15.2. The van der Waals surface area contributed by atoms with E-state index in [1.165, 1.54) is 24.1 Å². The van der Waals surface area contributed by atoms with Gasteiger partial charge in [-0.25, -0.2) is 0 Å². The normalized spacial score (nSPS) is 15.0. The van der Waals surface area contributed by atoms with E-state index in [0.29, 0.717) is 28.5 Å². The zero-order valence-corrected chi connectivity index (χ0v) is 19.2. The van der Waals surface area contributed by atoms with Gasteiger partial charge in [0.25, 0.3) is 16.8 Å². The topological polar surface area (TPSA) is 99.0 Å². The highest BCUT2D eigenvalue weighted by molar-refractivity contribution is 8.18. The Labute approximate surface area is 194 Å². The average molecular weight is 477 g/mol. The lowest BCUT2D eigenvalue weighted by Gasteiger charge is -2.14. The Kier molecular flexibility index (Phi) is 7.42. The summed E-state index contributed by atoms with van der Waals surface area (Å²) in [4.78, 5) is 36.6. The first-order valence-corrected chi connectivity index (χ1v) is 10.9. The maximum Gasteiger partial charge on any atom is 0.293 e. The van der Waals surface area contributed by atoms with Gasteiger partial charge in [0.1, 0.15) is 6.61 Å². The van der Waals surface area contributed by atoms with Crippen molar-refractivity contribution in [1.29, 1.82) is 0 Å². The number of halogens is 1. The van der Waals surface area contributed by atoms with E-state index < -0.39 is 4.92 Å². The van der Waals surface area contributed by atoms with Gasteiger partial charge in [-0.3, -0.25) is 24.6 Å². The van der Waals surface area contributed by atoms with Crippen LogP contribution in [0.2, 0.25) is 5.02 Å². The number of carbonyl (C=O) groups excluding carboxylic acids is 2. The molecule has 8 nitrogen and oxygen atoms in total. The van der Waals surface area contributed by atoms with Gasteiger partial charge in [-0.15, -0.1) is 0 Å². The van der Waals surface area contributed by atoms with Crippen molar-refractivity contribution in [3.8, 4) is 11.5 Å². The lowest BCUT2D eigenvalue weighted by atomic mass is 10.1. The van der Waals surface area contributed by atoms with E-state index in [9.17, 15) is 19.7 Å². The van der Waals surface area contributed by atoms with E-state index in [1.807, 2.05) is 13.8 Å². The number of rotatable bonds is 8. The minimum atomic E-state index is -0.471. The highest BCUT2D eigenvalue weighted by Crippen LogP contribution is 2.39. The molecular weight excluding hydrogens is 456 g/mol. The molecule has 2 aromatic carbocycles. The summed E-state index contributed by atoms with van der Waals surface area (Å²) in [6.07, 6.45) is 1.60. The Bertz CT molecular complexity index is 1080. The second kappa shape index (κ2) is 10.1. The van der Waals surface area contributed by atoms with Crippen LogP contribution in [0.25, 0.3) is 6.08 Å². The van der Waals surface area contributed by atoms with Crippen LogP contribution in [0.5, 0.6) is 11.5 Å². The maximum atomic E-state index is 12.6. The third-order valence-electron chi connectivity index (χ3n) is 4.50. The summed E-state index contributed by atoms with van der Waals surface area (Å²) in [6.45, 7) is 4.36. The molecule has 0 saturated carbocycles. The van der Waals surface area contributed by atoms with Crippen LogP contribution in [0, 0.1) is 16.0 Å². The lowest BCUT2D eigenvalue weighted by molar-refractivity contribution is -0.384. The summed E-state index contributed by atoms with van der Waals surface area (Å²) in [5, 5.41) is 10.7. The number of hydrogen-bond acceptors (Lipinski definition) is 7. The molecule has 1 heterocycles. The summed E-state index contributed by atoms with van der Waals surface area (Å²) in [5.41, 5.74) is 1.30. The fraction of sp³-hybridized carbons (Fsp3) is 0.273. The number of non-ortho nitro benzene ring substituents is 1. The summed E-state index contributed by atoms with van der Waals surface area (Å²) < 4.78 is 11.2. The van der Waals surface area contributed by atoms with Gasteiger partial charge in [-0.05, 0) is 59.1 Å². The molecule has 0 N–H and O–H groups in total. The third kappa shape index (κ3) is 5.41. The zero-order chi connectivity index (χ0) is 23.4. The van der Waals surface area contributed by atoms with E-state index in [2.05, 4.69) is 0 Å². The number of carbonyl (C=O) groups is 2. The van der Waals surface area contributed by atoms with Crippen LogP contribution in [-0.4, -0.2) is 34.6 Å². The van der Waals surface area contributed by atoms with Crippen molar-refractivity contribution in [3.05, 3.63) is 67.6 Å². The number of nitro groups is 1. The van der Waals surface area contributed by atoms with Gasteiger partial charge in [-0.1, -0.05) is 25.4 Å². The molecule has 0 unspecified atom stereocenters. The fourth-order valence-electron chi connectivity index (χ4n) is 3.01. The Morgan fingerprint density at radius 2 is 1.91 bits per heavy atom. The molecule has 0 spiro atoms. The minimum Gasteiger partial charge on any atom is -0.493 e. The van der Waals surface area contributed by atoms with Gasteiger partial charge in [0, 0.05) is 18.7 Å². The number of thioether (sulfide) groups is 1. The molecule has 0 aliphatic carbocycles. The highest BCUT2D eigenvalue weighted by atomic mass is 35.5. The second-order valence-electron chi connectivity index (χ2n) is 7.43.